The molecule has 0 spiro atoms. The highest BCUT2D eigenvalue weighted by atomic mass is 16.2. The summed E-state index contributed by atoms with van der Waals surface area (Å²) in [4.78, 5) is 11.1. The molecular weight excluding hydrogens is 152 g/mol. The molecule has 0 bridgehead atoms. The third-order valence-corrected chi connectivity index (χ3v) is 1.90. The van der Waals surface area contributed by atoms with Crippen molar-refractivity contribution in [1.29, 1.82) is 0 Å². The number of nitrogens with one attached hydrogen (secondary N) is 2. The van der Waals surface area contributed by atoms with Gasteiger partial charge >= 0.3 is 0 Å². The van der Waals surface area contributed by atoms with Crippen molar-refractivity contribution >= 4 is 5.91 Å². The van der Waals surface area contributed by atoms with Crippen molar-refractivity contribution in [2.24, 2.45) is 0 Å². The summed E-state index contributed by atoms with van der Waals surface area (Å²) < 4.78 is 0. The summed E-state index contributed by atoms with van der Waals surface area (Å²) in [5, 5.41) is 5.83. The van der Waals surface area contributed by atoms with E-state index >= 15 is 0 Å². The first kappa shape index (κ1) is 11.4. The van der Waals surface area contributed by atoms with Crippen molar-refractivity contribution in [2.75, 3.05) is 7.05 Å². The molecule has 12 heavy (non-hydrogen) atoms. The first-order chi connectivity index (χ1) is 5.61. The van der Waals surface area contributed by atoms with Gasteiger partial charge in [-0.3, -0.25) is 4.79 Å². The molecule has 3 heteroatoms. The minimum Gasteiger partial charge on any atom is -0.358 e. The lowest BCUT2D eigenvalue weighted by atomic mass is 10.1. The van der Waals surface area contributed by atoms with Crippen molar-refractivity contribution in [2.45, 2.75) is 45.7 Å². The van der Waals surface area contributed by atoms with Crippen LogP contribution in [-0.2, 0) is 4.79 Å². The second-order valence-corrected chi connectivity index (χ2v) is 3.19. The molecule has 0 heterocycles. The molecule has 0 saturated heterocycles. The van der Waals surface area contributed by atoms with E-state index in [2.05, 4.69) is 24.5 Å². The minimum absolute atomic E-state index is 0.0537. The summed E-state index contributed by atoms with van der Waals surface area (Å²) in [6.45, 7) is 6.12. The van der Waals surface area contributed by atoms with Gasteiger partial charge in [-0.2, -0.15) is 0 Å². The van der Waals surface area contributed by atoms with Gasteiger partial charge in [-0.1, -0.05) is 13.3 Å². The molecular formula is C9H20N2O. The second kappa shape index (κ2) is 6.00. The van der Waals surface area contributed by atoms with Crippen LogP contribution < -0.4 is 10.6 Å². The van der Waals surface area contributed by atoms with Crippen molar-refractivity contribution in [3.63, 3.8) is 0 Å². The van der Waals surface area contributed by atoms with Crippen molar-refractivity contribution in [3.8, 4) is 0 Å². The summed E-state index contributed by atoms with van der Waals surface area (Å²) in [6, 6.07) is 0.332. The van der Waals surface area contributed by atoms with E-state index in [1.165, 1.54) is 0 Å². The quantitative estimate of drug-likeness (QED) is 0.647. The molecule has 3 nitrogen and oxygen atoms in total. The smallest absolute Gasteiger partial charge is 0.236 e. The largest absolute Gasteiger partial charge is 0.358 e. The van der Waals surface area contributed by atoms with Crippen molar-refractivity contribution in [3.05, 3.63) is 0 Å². The fourth-order valence-electron chi connectivity index (χ4n) is 1.24. The van der Waals surface area contributed by atoms with Gasteiger partial charge in [0.1, 0.15) is 0 Å². The van der Waals surface area contributed by atoms with E-state index in [4.69, 9.17) is 0 Å². The zero-order valence-corrected chi connectivity index (χ0v) is 8.48. The van der Waals surface area contributed by atoms with E-state index in [1.54, 1.807) is 7.05 Å². The van der Waals surface area contributed by atoms with Crippen molar-refractivity contribution in [1.82, 2.24) is 10.6 Å². The average molecular weight is 172 g/mol. The van der Waals surface area contributed by atoms with Crippen LogP contribution in [0.5, 0.6) is 0 Å². The minimum atomic E-state index is -0.0865. The van der Waals surface area contributed by atoms with Gasteiger partial charge in [-0.25, -0.2) is 0 Å². The number of hydrogen-bond acceptors (Lipinski definition) is 2. The Balaban J connectivity index is 3.67. The Morgan fingerprint density at radius 3 is 2.42 bits per heavy atom. The molecule has 0 rings (SSSR count). The number of amides is 1. The first-order valence-electron chi connectivity index (χ1n) is 4.59. The zero-order valence-electron chi connectivity index (χ0n) is 8.48. The molecule has 0 aromatic carbocycles. The summed E-state index contributed by atoms with van der Waals surface area (Å²) in [5.41, 5.74) is 0. The first-order valence-corrected chi connectivity index (χ1v) is 4.59. The summed E-state index contributed by atoms with van der Waals surface area (Å²) in [5.74, 6) is 0.0537. The van der Waals surface area contributed by atoms with E-state index in [0.29, 0.717) is 6.04 Å². The molecule has 0 aromatic heterocycles. The Bertz CT molecular complexity index is 136. The van der Waals surface area contributed by atoms with Crippen LogP contribution in [0.3, 0.4) is 0 Å². The van der Waals surface area contributed by atoms with Crippen LogP contribution in [0, 0.1) is 0 Å². The van der Waals surface area contributed by atoms with Crippen LogP contribution in [0.25, 0.3) is 0 Å². The molecule has 2 atom stereocenters. The zero-order chi connectivity index (χ0) is 9.56. The van der Waals surface area contributed by atoms with Gasteiger partial charge < -0.3 is 10.6 Å². The number of rotatable bonds is 5. The van der Waals surface area contributed by atoms with Gasteiger partial charge in [0.2, 0.25) is 5.91 Å². The molecule has 2 unspecified atom stereocenters. The maximum atomic E-state index is 11.1. The molecule has 0 aromatic rings. The van der Waals surface area contributed by atoms with E-state index in [9.17, 15) is 4.79 Å². The molecule has 0 radical (unpaired) electrons. The van der Waals surface area contributed by atoms with Crippen molar-refractivity contribution < 1.29 is 4.79 Å². The van der Waals surface area contributed by atoms with Crippen LogP contribution >= 0.6 is 0 Å². The SMILES string of the molecule is CCCC(C)NC(C)C(=O)NC. The predicted octanol–water partition coefficient (Wildman–Crippen LogP) is 0.899. The number of carbonyl (C=O) groups is 1. The Morgan fingerprint density at radius 2 is 2.00 bits per heavy atom. The molecule has 0 aliphatic rings. The number of likely N-dealkylation sites (N-methyl/N-ethyl adjacent to an activating group) is 1. The maximum absolute atomic E-state index is 11.1. The highest BCUT2D eigenvalue weighted by Gasteiger charge is 2.12. The van der Waals surface area contributed by atoms with Gasteiger partial charge in [0.05, 0.1) is 6.04 Å². The van der Waals surface area contributed by atoms with Gasteiger partial charge in [0.25, 0.3) is 0 Å². The lowest BCUT2D eigenvalue weighted by molar-refractivity contribution is -0.122. The Labute approximate surface area is 74.9 Å². The topological polar surface area (TPSA) is 41.1 Å². The Morgan fingerprint density at radius 1 is 1.42 bits per heavy atom. The molecule has 0 aliphatic carbocycles. The van der Waals surface area contributed by atoms with Gasteiger partial charge in [0.15, 0.2) is 0 Å². The lowest BCUT2D eigenvalue weighted by Crippen LogP contribution is -2.44. The highest BCUT2D eigenvalue weighted by Crippen LogP contribution is 1.96. The van der Waals surface area contributed by atoms with Gasteiger partial charge in [0, 0.05) is 13.1 Å². The Hall–Kier alpha value is -0.570. The standard InChI is InChI=1S/C9H20N2O/c1-5-6-7(2)11-8(3)9(12)10-4/h7-8,11H,5-6H2,1-4H3,(H,10,12). The fourth-order valence-corrected chi connectivity index (χ4v) is 1.24. The maximum Gasteiger partial charge on any atom is 0.236 e. The third kappa shape index (κ3) is 4.34. The normalized spacial score (nSPS) is 15.3. The lowest BCUT2D eigenvalue weighted by Gasteiger charge is -2.17. The summed E-state index contributed by atoms with van der Waals surface area (Å²) in [7, 11) is 1.66. The third-order valence-electron chi connectivity index (χ3n) is 1.90. The van der Waals surface area contributed by atoms with E-state index in [-0.39, 0.29) is 11.9 Å². The van der Waals surface area contributed by atoms with Gasteiger partial charge in [-0.05, 0) is 20.3 Å². The Kier molecular flexibility index (Phi) is 5.72. The van der Waals surface area contributed by atoms with Crippen LogP contribution in [0.4, 0.5) is 0 Å². The monoisotopic (exact) mass is 172 g/mol. The van der Waals surface area contributed by atoms with E-state index in [1.807, 2.05) is 6.92 Å². The van der Waals surface area contributed by atoms with Crippen LogP contribution in [0.1, 0.15) is 33.6 Å². The molecule has 2 N–H and O–H groups in total. The fraction of sp³-hybridized carbons (Fsp3) is 0.889. The van der Waals surface area contributed by atoms with Crippen LogP contribution in [0.15, 0.2) is 0 Å². The second-order valence-electron chi connectivity index (χ2n) is 3.19. The van der Waals surface area contributed by atoms with E-state index < -0.39 is 0 Å². The summed E-state index contributed by atoms with van der Waals surface area (Å²) in [6.07, 6.45) is 2.26. The summed E-state index contributed by atoms with van der Waals surface area (Å²) >= 11 is 0. The van der Waals surface area contributed by atoms with Crippen LogP contribution in [-0.4, -0.2) is 25.0 Å². The molecule has 0 fully saturated rings. The molecule has 1 amide bonds. The molecule has 72 valence electrons. The van der Waals surface area contributed by atoms with Crippen LogP contribution in [0.2, 0.25) is 0 Å². The predicted molar refractivity (Wildman–Crippen MR) is 51.0 cm³/mol. The number of carbonyl (C=O) groups excluding carboxylic acids is 1. The van der Waals surface area contributed by atoms with Gasteiger partial charge in [-0.15, -0.1) is 0 Å². The highest BCUT2D eigenvalue weighted by molar-refractivity contribution is 5.80. The average Bonchev–Trinajstić information content (AvgIpc) is 2.03. The molecule has 0 aliphatic heterocycles. The molecule has 0 saturated carbocycles. The number of hydrogen-bond donors (Lipinski definition) is 2. The van der Waals surface area contributed by atoms with E-state index in [0.717, 1.165) is 12.8 Å².